The maximum Gasteiger partial charge on any atom is 0.247 e. The van der Waals surface area contributed by atoms with Crippen molar-refractivity contribution < 1.29 is 19.1 Å². The molecule has 0 unspecified atom stereocenters. The summed E-state index contributed by atoms with van der Waals surface area (Å²) in [6.45, 7) is 2.33. The van der Waals surface area contributed by atoms with Crippen LogP contribution >= 0.6 is 11.3 Å². The van der Waals surface area contributed by atoms with Crippen LogP contribution in [0.3, 0.4) is 0 Å². The largest absolute Gasteiger partial charge is 0.454 e. The van der Waals surface area contributed by atoms with Crippen LogP contribution in [0, 0.1) is 0 Å². The highest BCUT2D eigenvalue weighted by Gasteiger charge is 2.13. The number of carbonyl (C=O) groups is 2. The molecule has 0 saturated heterocycles. The average Bonchev–Trinajstić information content (AvgIpc) is 3.34. The van der Waals surface area contributed by atoms with E-state index in [1.807, 2.05) is 6.07 Å². The highest BCUT2D eigenvalue weighted by Crippen LogP contribution is 2.31. The third kappa shape index (κ3) is 6.53. The van der Waals surface area contributed by atoms with Gasteiger partial charge in [-0.2, -0.15) is 5.10 Å². The summed E-state index contributed by atoms with van der Waals surface area (Å²) in [5, 5.41) is 15.4. The third-order valence-electron chi connectivity index (χ3n) is 4.08. The minimum atomic E-state index is -0.324. The zero-order valence-corrected chi connectivity index (χ0v) is 17.0. The molecular formula is C19H23N5O4S. The minimum Gasteiger partial charge on any atom is -0.454 e. The van der Waals surface area contributed by atoms with Gasteiger partial charge in [0, 0.05) is 6.42 Å². The highest BCUT2D eigenvalue weighted by atomic mass is 32.1. The minimum absolute atomic E-state index is 0.0303. The summed E-state index contributed by atoms with van der Waals surface area (Å²) in [5.74, 6) is 0.928. The first kappa shape index (κ1) is 20.7. The SMILES string of the molecule is CCCCCCC(=O)Nc1nnc(CC(=O)N/N=C\c2ccc3c(c2)OCO3)s1. The molecule has 2 aromatic rings. The molecule has 1 aromatic carbocycles. The van der Waals surface area contributed by atoms with Gasteiger partial charge in [-0.25, -0.2) is 5.43 Å². The smallest absolute Gasteiger partial charge is 0.247 e. The second kappa shape index (κ2) is 10.5. The van der Waals surface area contributed by atoms with E-state index in [-0.39, 0.29) is 25.0 Å². The molecular weight excluding hydrogens is 394 g/mol. The molecule has 2 heterocycles. The number of fused-ring (bicyclic) bond motifs is 1. The van der Waals surface area contributed by atoms with Gasteiger partial charge in [-0.3, -0.25) is 9.59 Å². The number of aromatic nitrogens is 2. The Morgan fingerprint density at radius 3 is 2.90 bits per heavy atom. The Hall–Kier alpha value is -3.01. The molecule has 3 rings (SSSR count). The molecule has 0 fully saturated rings. The predicted octanol–water partition coefficient (Wildman–Crippen LogP) is 2.87. The molecule has 0 saturated carbocycles. The van der Waals surface area contributed by atoms with Crippen molar-refractivity contribution in [2.45, 2.75) is 45.4 Å². The Morgan fingerprint density at radius 1 is 1.17 bits per heavy atom. The maximum absolute atomic E-state index is 12.0. The lowest BCUT2D eigenvalue weighted by Gasteiger charge is -2.00. The van der Waals surface area contributed by atoms with Gasteiger partial charge in [0.15, 0.2) is 11.5 Å². The lowest BCUT2D eigenvalue weighted by atomic mass is 10.1. The number of hydrazone groups is 1. The predicted molar refractivity (Wildman–Crippen MR) is 109 cm³/mol. The van der Waals surface area contributed by atoms with Gasteiger partial charge in [-0.15, -0.1) is 10.2 Å². The number of carbonyl (C=O) groups excluding carboxylic acids is 2. The first-order chi connectivity index (χ1) is 14.1. The first-order valence-electron chi connectivity index (χ1n) is 9.48. The Morgan fingerprint density at radius 2 is 2.03 bits per heavy atom. The normalized spacial score (nSPS) is 12.3. The van der Waals surface area contributed by atoms with Gasteiger partial charge in [0.1, 0.15) is 5.01 Å². The number of nitrogens with zero attached hydrogens (tertiary/aromatic N) is 3. The molecule has 0 spiro atoms. The van der Waals surface area contributed by atoms with E-state index >= 15 is 0 Å². The molecule has 1 aliphatic rings. The van der Waals surface area contributed by atoms with Crippen LogP contribution < -0.4 is 20.2 Å². The van der Waals surface area contributed by atoms with Crippen LogP contribution in [0.2, 0.25) is 0 Å². The van der Waals surface area contributed by atoms with Crippen molar-refractivity contribution in [3.05, 3.63) is 28.8 Å². The van der Waals surface area contributed by atoms with E-state index in [2.05, 4.69) is 33.0 Å². The van der Waals surface area contributed by atoms with Crippen molar-refractivity contribution in [1.82, 2.24) is 15.6 Å². The fourth-order valence-corrected chi connectivity index (χ4v) is 3.37. The molecule has 9 nitrogen and oxygen atoms in total. The molecule has 2 amide bonds. The van der Waals surface area contributed by atoms with E-state index in [0.717, 1.165) is 31.2 Å². The molecule has 0 bridgehead atoms. The van der Waals surface area contributed by atoms with Gasteiger partial charge in [0.05, 0.1) is 12.6 Å². The molecule has 154 valence electrons. The van der Waals surface area contributed by atoms with E-state index in [1.54, 1.807) is 12.1 Å². The first-order valence-corrected chi connectivity index (χ1v) is 10.3. The van der Waals surface area contributed by atoms with Crippen molar-refractivity contribution in [3.8, 4) is 11.5 Å². The van der Waals surface area contributed by atoms with Gasteiger partial charge in [-0.1, -0.05) is 37.5 Å². The summed E-state index contributed by atoms with van der Waals surface area (Å²) < 4.78 is 10.5. The fourth-order valence-electron chi connectivity index (χ4n) is 2.62. The number of amides is 2. The van der Waals surface area contributed by atoms with E-state index < -0.39 is 0 Å². The Labute approximate surface area is 172 Å². The molecule has 0 radical (unpaired) electrons. The zero-order valence-electron chi connectivity index (χ0n) is 16.1. The van der Waals surface area contributed by atoms with Crippen LogP contribution in [-0.2, 0) is 16.0 Å². The summed E-state index contributed by atoms with van der Waals surface area (Å²) in [6.07, 6.45) is 6.16. The maximum atomic E-state index is 12.0. The van der Waals surface area contributed by atoms with Gasteiger partial charge < -0.3 is 14.8 Å². The molecule has 10 heteroatoms. The van der Waals surface area contributed by atoms with Crippen LogP contribution in [0.25, 0.3) is 0 Å². The monoisotopic (exact) mass is 417 g/mol. The van der Waals surface area contributed by atoms with E-state index in [0.29, 0.717) is 28.1 Å². The van der Waals surface area contributed by atoms with E-state index in [4.69, 9.17) is 9.47 Å². The van der Waals surface area contributed by atoms with Crippen LogP contribution in [-0.4, -0.2) is 35.0 Å². The molecule has 1 aromatic heterocycles. The molecule has 29 heavy (non-hydrogen) atoms. The lowest BCUT2D eigenvalue weighted by molar-refractivity contribution is -0.120. The van der Waals surface area contributed by atoms with Crippen LogP contribution in [0.1, 0.15) is 49.6 Å². The standard InChI is InChI=1S/C19H23N5O4S/c1-2-3-4-5-6-16(25)21-19-24-23-18(29-19)10-17(26)22-20-11-13-7-8-14-15(9-13)28-12-27-14/h7-9,11H,2-6,10,12H2,1H3,(H,22,26)(H,21,24,25)/b20-11-. The average molecular weight is 417 g/mol. The highest BCUT2D eigenvalue weighted by molar-refractivity contribution is 7.15. The summed E-state index contributed by atoms with van der Waals surface area (Å²) >= 11 is 1.18. The number of unbranched alkanes of at least 4 members (excludes halogenated alkanes) is 3. The van der Waals surface area contributed by atoms with Gasteiger partial charge in [0.25, 0.3) is 0 Å². The van der Waals surface area contributed by atoms with Gasteiger partial charge in [-0.05, 0) is 30.2 Å². The Kier molecular flexibility index (Phi) is 7.51. The Bertz CT molecular complexity index is 883. The summed E-state index contributed by atoms with van der Waals surface area (Å²) in [4.78, 5) is 23.9. The second-order valence-corrected chi connectivity index (χ2v) is 7.50. The van der Waals surface area contributed by atoms with Crippen molar-refractivity contribution in [2.24, 2.45) is 5.10 Å². The number of ether oxygens (including phenoxy) is 2. The van der Waals surface area contributed by atoms with Gasteiger partial charge >= 0.3 is 0 Å². The number of benzene rings is 1. The van der Waals surface area contributed by atoms with Crippen LogP contribution in [0.5, 0.6) is 11.5 Å². The quantitative estimate of drug-likeness (QED) is 0.349. The summed E-state index contributed by atoms with van der Waals surface area (Å²) in [6, 6.07) is 5.37. The molecule has 1 aliphatic heterocycles. The van der Waals surface area contributed by atoms with Crippen LogP contribution in [0.4, 0.5) is 5.13 Å². The third-order valence-corrected chi connectivity index (χ3v) is 4.92. The second-order valence-electron chi connectivity index (χ2n) is 6.44. The molecule has 0 atom stereocenters. The number of nitrogens with one attached hydrogen (secondary N) is 2. The number of anilines is 1. The summed E-state index contributed by atoms with van der Waals surface area (Å²) in [7, 11) is 0. The van der Waals surface area contributed by atoms with Crippen LogP contribution in [0.15, 0.2) is 23.3 Å². The number of hydrogen-bond acceptors (Lipinski definition) is 8. The Balaban J connectivity index is 1.41. The molecule has 2 N–H and O–H groups in total. The van der Waals surface area contributed by atoms with E-state index in [1.165, 1.54) is 17.6 Å². The van der Waals surface area contributed by atoms with Crippen molar-refractivity contribution >= 4 is 34.5 Å². The van der Waals surface area contributed by atoms with Crippen molar-refractivity contribution in [1.29, 1.82) is 0 Å². The topological polar surface area (TPSA) is 115 Å². The van der Waals surface area contributed by atoms with E-state index in [9.17, 15) is 9.59 Å². The number of hydrogen-bond donors (Lipinski definition) is 2. The van der Waals surface area contributed by atoms with Gasteiger partial charge in [0.2, 0.25) is 23.7 Å². The molecule has 0 aliphatic carbocycles. The summed E-state index contributed by atoms with van der Waals surface area (Å²) in [5.41, 5.74) is 3.22. The van der Waals surface area contributed by atoms with Crippen molar-refractivity contribution in [2.75, 3.05) is 12.1 Å². The van der Waals surface area contributed by atoms with Crippen molar-refractivity contribution in [3.63, 3.8) is 0 Å². The lowest BCUT2D eigenvalue weighted by Crippen LogP contribution is -2.19. The number of rotatable bonds is 10. The fraction of sp³-hybridized carbons (Fsp3) is 0.421. The zero-order chi connectivity index (χ0) is 20.5.